The van der Waals surface area contributed by atoms with Crippen molar-refractivity contribution in [2.75, 3.05) is 6.61 Å². The third-order valence-corrected chi connectivity index (χ3v) is 9.33. The van der Waals surface area contributed by atoms with Crippen LogP contribution in [0.2, 0.25) is 0 Å². The smallest absolute Gasteiger partial charge is 0.422 e. The van der Waals surface area contributed by atoms with Crippen molar-refractivity contribution in [2.24, 2.45) is 16.7 Å². The van der Waals surface area contributed by atoms with Crippen LogP contribution in [0.25, 0.3) is 0 Å². The van der Waals surface area contributed by atoms with E-state index in [1.807, 2.05) is 6.08 Å². The lowest BCUT2D eigenvalue weighted by Gasteiger charge is -2.34. The lowest BCUT2D eigenvalue weighted by Crippen LogP contribution is -2.21. The molecule has 0 saturated heterocycles. The molecule has 3 nitrogen and oxygen atoms in total. The largest absolute Gasteiger partial charge is 0.462 e. The van der Waals surface area contributed by atoms with Gasteiger partial charge >= 0.3 is 8.60 Å². The summed E-state index contributed by atoms with van der Waals surface area (Å²) in [6.45, 7) is 36.5. The standard InChI is InChI=1S/C38H63O3P/c1-16-19-20-27(17-2)26-39-42-40-33(31(37(10,11)12)24-29(18-3)35(4,5)6)22-21-28-23-30(36(7,8)9)25-32(34(28)41-42)38(13,14)15/h18,23-25,27H,3,16-17,19-22,26H2,1-2,4-15H3/b29-24+,33-31-. The molecule has 0 aliphatic carbocycles. The Labute approximate surface area is 261 Å². The molecule has 1 aliphatic rings. The summed E-state index contributed by atoms with van der Waals surface area (Å²) < 4.78 is 20.4. The second-order valence-corrected chi connectivity index (χ2v) is 17.3. The molecule has 0 bridgehead atoms. The maximum absolute atomic E-state index is 6.90. The molecule has 0 fully saturated rings. The van der Waals surface area contributed by atoms with E-state index in [-0.39, 0.29) is 21.7 Å². The maximum Gasteiger partial charge on any atom is 0.462 e. The third-order valence-electron chi connectivity index (χ3n) is 8.26. The van der Waals surface area contributed by atoms with Crippen molar-refractivity contribution in [3.8, 4) is 5.75 Å². The summed E-state index contributed by atoms with van der Waals surface area (Å²) in [4.78, 5) is 0. The van der Waals surface area contributed by atoms with E-state index >= 15 is 0 Å². The first kappa shape index (κ1) is 36.6. The van der Waals surface area contributed by atoms with Crippen LogP contribution in [0.4, 0.5) is 0 Å². The molecule has 0 aromatic heterocycles. The first-order chi connectivity index (χ1) is 19.2. The average Bonchev–Trinajstić information content (AvgIpc) is 2.83. The van der Waals surface area contributed by atoms with Crippen LogP contribution < -0.4 is 4.52 Å². The fraction of sp³-hybridized carbons (Fsp3) is 0.684. The third kappa shape index (κ3) is 10.3. The Balaban J connectivity index is 2.79. The van der Waals surface area contributed by atoms with Crippen molar-refractivity contribution in [3.63, 3.8) is 0 Å². The molecule has 1 aromatic rings. The number of aryl methyl sites for hydroxylation is 1. The van der Waals surface area contributed by atoms with Crippen LogP contribution >= 0.6 is 8.60 Å². The molecule has 0 N–H and O–H groups in total. The molecule has 1 aliphatic heterocycles. The van der Waals surface area contributed by atoms with Gasteiger partial charge in [0.05, 0.1) is 6.61 Å². The number of rotatable bonds is 9. The van der Waals surface area contributed by atoms with Gasteiger partial charge in [0, 0.05) is 12.0 Å². The number of unbranched alkanes of at least 4 members (excludes halogenated alkanes) is 1. The molecule has 4 heteroatoms. The van der Waals surface area contributed by atoms with Gasteiger partial charge < -0.3 is 9.05 Å². The van der Waals surface area contributed by atoms with Crippen LogP contribution in [0.1, 0.15) is 146 Å². The molecule has 1 aromatic carbocycles. The van der Waals surface area contributed by atoms with Crippen LogP contribution in [-0.2, 0) is 26.3 Å². The van der Waals surface area contributed by atoms with Crippen LogP contribution in [-0.4, -0.2) is 6.61 Å². The average molecular weight is 599 g/mol. The van der Waals surface area contributed by atoms with E-state index in [0.717, 1.165) is 30.8 Å². The quantitative estimate of drug-likeness (QED) is 0.209. The van der Waals surface area contributed by atoms with Crippen molar-refractivity contribution in [1.82, 2.24) is 0 Å². The van der Waals surface area contributed by atoms with Gasteiger partial charge in [-0.05, 0) is 62.7 Å². The number of fused-ring (bicyclic) bond motifs is 1. The number of hydrogen-bond donors (Lipinski definition) is 0. The van der Waals surface area contributed by atoms with Gasteiger partial charge in [0.15, 0.2) is 0 Å². The summed E-state index contributed by atoms with van der Waals surface area (Å²) in [5.41, 5.74) is 6.01. The summed E-state index contributed by atoms with van der Waals surface area (Å²) >= 11 is 0. The topological polar surface area (TPSA) is 27.7 Å². The number of allylic oxidation sites excluding steroid dienone is 5. The fourth-order valence-electron chi connectivity index (χ4n) is 5.20. The van der Waals surface area contributed by atoms with Crippen LogP contribution in [0.5, 0.6) is 5.75 Å². The molecule has 42 heavy (non-hydrogen) atoms. The molecule has 0 spiro atoms. The summed E-state index contributed by atoms with van der Waals surface area (Å²) in [6, 6.07) is 4.72. The van der Waals surface area contributed by atoms with Crippen molar-refractivity contribution in [1.29, 1.82) is 0 Å². The van der Waals surface area contributed by atoms with Gasteiger partial charge in [0.25, 0.3) is 0 Å². The van der Waals surface area contributed by atoms with E-state index in [1.165, 1.54) is 47.1 Å². The predicted molar refractivity (Wildman–Crippen MR) is 184 cm³/mol. The van der Waals surface area contributed by atoms with E-state index in [4.69, 9.17) is 13.6 Å². The zero-order valence-corrected chi connectivity index (χ0v) is 30.6. The highest BCUT2D eigenvalue weighted by molar-refractivity contribution is 7.42. The van der Waals surface area contributed by atoms with Crippen LogP contribution in [0, 0.1) is 16.7 Å². The Bertz CT molecular complexity index is 1110. The number of benzene rings is 1. The Hall–Kier alpha value is -1.57. The Morgan fingerprint density at radius 3 is 2.02 bits per heavy atom. The van der Waals surface area contributed by atoms with Gasteiger partial charge in [-0.2, -0.15) is 0 Å². The van der Waals surface area contributed by atoms with E-state index in [2.05, 4.69) is 122 Å². The van der Waals surface area contributed by atoms with E-state index in [0.29, 0.717) is 12.5 Å². The van der Waals surface area contributed by atoms with E-state index in [9.17, 15) is 0 Å². The molecule has 0 amide bonds. The van der Waals surface area contributed by atoms with Crippen molar-refractivity contribution < 1.29 is 13.6 Å². The van der Waals surface area contributed by atoms with Crippen molar-refractivity contribution in [3.05, 3.63) is 64.5 Å². The normalized spacial score (nSPS) is 19.2. The number of hydrogen-bond acceptors (Lipinski definition) is 3. The molecule has 0 saturated carbocycles. The predicted octanol–water partition coefficient (Wildman–Crippen LogP) is 12.5. The Morgan fingerprint density at radius 1 is 0.905 bits per heavy atom. The highest BCUT2D eigenvalue weighted by Gasteiger charge is 2.34. The molecular weight excluding hydrogens is 535 g/mol. The summed E-state index contributed by atoms with van der Waals surface area (Å²) in [5, 5.41) is 0. The first-order valence-corrected chi connectivity index (χ1v) is 17.4. The van der Waals surface area contributed by atoms with Gasteiger partial charge in [-0.1, -0.05) is 147 Å². The summed E-state index contributed by atoms with van der Waals surface area (Å²) in [7, 11) is -1.65. The Morgan fingerprint density at radius 2 is 1.55 bits per heavy atom. The monoisotopic (exact) mass is 598 g/mol. The SMILES string of the molecule is C=C/C(=C\C(=C1/CCc2cc(C(C)(C)C)cc(C(C)(C)C)c2OP(OCC(CC)CCCC)O1)C(C)(C)C)C(C)(C)C. The molecule has 0 radical (unpaired) electrons. The molecule has 2 atom stereocenters. The minimum atomic E-state index is -1.65. The van der Waals surface area contributed by atoms with Gasteiger partial charge in [0.1, 0.15) is 11.5 Å². The molecule has 1 heterocycles. The highest BCUT2D eigenvalue weighted by atomic mass is 31.2. The van der Waals surface area contributed by atoms with Crippen LogP contribution in [0.15, 0.2) is 47.8 Å². The van der Waals surface area contributed by atoms with Gasteiger partial charge in [-0.15, -0.1) is 0 Å². The lowest BCUT2D eigenvalue weighted by molar-refractivity contribution is 0.186. The first-order valence-electron chi connectivity index (χ1n) is 16.3. The molecule has 238 valence electrons. The molecule has 2 unspecified atom stereocenters. The van der Waals surface area contributed by atoms with Crippen molar-refractivity contribution >= 4 is 8.60 Å². The Kier molecular flexibility index (Phi) is 12.6. The second kappa shape index (κ2) is 14.5. The fourth-order valence-corrected chi connectivity index (χ4v) is 6.41. The minimum absolute atomic E-state index is 0.0262. The zero-order valence-electron chi connectivity index (χ0n) is 29.7. The minimum Gasteiger partial charge on any atom is -0.422 e. The molecule has 2 rings (SSSR count). The second-order valence-electron chi connectivity index (χ2n) is 16.3. The van der Waals surface area contributed by atoms with Crippen LogP contribution in [0.3, 0.4) is 0 Å². The van der Waals surface area contributed by atoms with Gasteiger partial charge in [-0.25, -0.2) is 0 Å². The highest BCUT2D eigenvalue weighted by Crippen LogP contribution is 2.52. The molecular formula is C38H63O3P. The summed E-state index contributed by atoms with van der Waals surface area (Å²) in [5.74, 6) is 2.43. The summed E-state index contributed by atoms with van der Waals surface area (Å²) in [6.07, 6.45) is 10.6. The zero-order chi connectivity index (χ0) is 32.1. The van der Waals surface area contributed by atoms with Crippen molar-refractivity contribution in [2.45, 2.75) is 146 Å². The van der Waals surface area contributed by atoms with E-state index in [1.54, 1.807) is 0 Å². The van der Waals surface area contributed by atoms with Gasteiger partial charge in [0.2, 0.25) is 0 Å². The lowest BCUT2D eigenvalue weighted by atomic mass is 9.78. The van der Waals surface area contributed by atoms with E-state index < -0.39 is 8.60 Å². The van der Waals surface area contributed by atoms with Gasteiger partial charge in [-0.3, -0.25) is 4.52 Å². The maximum atomic E-state index is 6.90.